The summed E-state index contributed by atoms with van der Waals surface area (Å²) >= 11 is 0. The number of aromatic amines is 1. The highest BCUT2D eigenvalue weighted by Gasteiger charge is 2.25. The molecule has 3 rings (SSSR count). The Kier molecular flexibility index (Phi) is 3.15. The Balaban J connectivity index is 2.03. The fourth-order valence-corrected chi connectivity index (χ4v) is 3.05. The Hall–Kier alpha value is -1.61. The van der Waals surface area contributed by atoms with Gasteiger partial charge in [0.2, 0.25) is 0 Å². The van der Waals surface area contributed by atoms with Crippen molar-refractivity contribution in [1.82, 2.24) is 10.3 Å². The van der Waals surface area contributed by atoms with E-state index in [-0.39, 0.29) is 5.92 Å². The highest BCUT2D eigenvalue weighted by molar-refractivity contribution is 6.10. The molecule has 0 unspecified atom stereocenters. The van der Waals surface area contributed by atoms with Crippen molar-refractivity contribution in [3.8, 4) is 0 Å². The molecule has 1 fully saturated rings. The van der Waals surface area contributed by atoms with Gasteiger partial charge in [0.05, 0.1) is 0 Å². The van der Waals surface area contributed by atoms with Crippen LogP contribution in [0.2, 0.25) is 0 Å². The summed E-state index contributed by atoms with van der Waals surface area (Å²) in [6.07, 6.45) is 1.91. The Bertz CT molecular complexity index is 621. The van der Waals surface area contributed by atoms with Crippen molar-refractivity contribution in [3.05, 3.63) is 35.0 Å². The number of carbonyl (C=O) groups is 1. The summed E-state index contributed by atoms with van der Waals surface area (Å²) in [5, 5.41) is 4.39. The Morgan fingerprint density at radius 1 is 1.21 bits per heavy atom. The van der Waals surface area contributed by atoms with Gasteiger partial charge in [-0.25, -0.2) is 0 Å². The van der Waals surface area contributed by atoms with Crippen molar-refractivity contribution in [2.75, 3.05) is 13.1 Å². The first-order valence-electron chi connectivity index (χ1n) is 7.00. The minimum absolute atomic E-state index is 0.181. The SMILES string of the molecule is Cc1ccc2c(C(=O)C3CCNCC3)c(C)[nH]c2c1. The van der Waals surface area contributed by atoms with E-state index in [1.54, 1.807) is 0 Å². The number of carbonyl (C=O) groups excluding carboxylic acids is 1. The fourth-order valence-electron chi connectivity index (χ4n) is 3.05. The van der Waals surface area contributed by atoms with Gasteiger partial charge in [-0.2, -0.15) is 0 Å². The monoisotopic (exact) mass is 256 g/mol. The summed E-state index contributed by atoms with van der Waals surface area (Å²) in [7, 11) is 0. The van der Waals surface area contributed by atoms with Gasteiger partial charge in [0.1, 0.15) is 0 Å². The zero-order valence-corrected chi connectivity index (χ0v) is 11.5. The lowest BCUT2D eigenvalue weighted by molar-refractivity contribution is 0.0896. The van der Waals surface area contributed by atoms with Crippen LogP contribution in [0, 0.1) is 19.8 Å². The number of rotatable bonds is 2. The molecule has 2 N–H and O–H groups in total. The van der Waals surface area contributed by atoms with Crippen molar-refractivity contribution in [3.63, 3.8) is 0 Å². The zero-order chi connectivity index (χ0) is 13.4. The number of Topliss-reactive ketones (excluding diaryl/α,β-unsaturated/α-hetero) is 1. The van der Waals surface area contributed by atoms with Gasteiger partial charge in [0, 0.05) is 28.1 Å². The lowest BCUT2D eigenvalue weighted by atomic mass is 9.88. The van der Waals surface area contributed by atoms with Gasteiger partial charge in [0.15, 0.2) is 5.78 Å². The summed E-state index contributed by atoms with van der Waals surface area (Å²) in [5.41, 5.74) is 4.20. The largest absolute Gasteiger partial charge is 0.358 e. The molecular weight excluding hydrogens is 236 g/mol. The quantitative estimate of drug-likeness (QED) is 0.811. The highest BCUT2D eigenvalue weighted by atomic mass is 16.1. The molecule has 19 heavy (non-hydrogen) atoms. The van der Waals surface area contributed by atoms with Gasteiger partial charge in [0.25, 0.3) is 0 Å². The third-order valence-corrected chi connectivity index (χ3v) is 4.10. The van der Waals surface area contributed by atoms with E-state index in [1.807, 2.05) is 6.92 Å². The fraction of sp³-hybridized carbons (Fsp3) is 0.438. The standard InChI is InChI=1S/C16H20N2O/c1-10-3-4-13-14(9-10)18-11(2)15(13)16(19)12-5-7-17-8-6-12/h3-4,9,12,17-18H,5-8H2,1-2H3. The van der Waals surface area contributed by atoms with Crippen LogP contribution in [-0.2, 0) is 0 Å². The molecule has 0 spiro atoms. The normalized spacial score (nSPS) is 16.9. The predicted octanol–water partition coefficient (Wildman–Crippen LogP) is 2.97. The van der Waals surface area contributed by atoms with E-state index in [2.05, 4.69) is 35.4 Å². The van der Waals surface area contributed by atoms with Crippen LogP contribution in [0.5, 0.6) is 0 Å². The first kappa shape index (κ1) is 12.4. The van der Waals surface area contributed by atoms with Crippen molar-refractivity contribution < 1.29 is 4.79 Å². The molecule has 1 aromatic heterocycles. The van der Waals surface area contributed by atoms with Crippen LogP contribution >= 0.6 is 0 Å². The van der Waals surface area contributed by atoms with Crippen LogP contribution in [0.3, 0.4) is 0 Å². The van der Waals surface area contributed by atoms with Crippen molar-refractivity contribution in [2.45, 2.75) is 26.7 Å². The van der Waals surface area contributed by atoms with E-state index in [0.717, 1.165) is 48.1 Å². The number of hydrogen-bond acceptors (Lipinski definition) is 2. The highest BCUT2D eigenvalue weighted by Crippen LogP contribution is 2.28. The molecule has 3 heteroatoms. The van der Waals surface area contributed by atoms with E-state index in [1.165, 1.54) is 5.56 Å². The number of aromatic nitrogens is 1. The summed E-state index contributed by atoms with van der Waals surface area (Å²) in [6, 6.07) is 6.26. The first-order chi connectivity index (χ1) is 9.16. The Morgan fingerprint density at radius 3 is 2.68 bits per heavy atom. The number of benzene rings is 1. The lowest BCUT2D eigenvalue weighted by Crippen LogP contribution is -2.32. The minimum atomic E-state index is 0.181. The summed E-state index contributed by atoms with van der Waals surface area (Å²) < 4.78 is 0. The molecule has 100 valence electrons. The van der Waals surface area contributed by atoms with Crippen LogP contribution < -0.4 is 5.32 Å². The maximum absolute atomic E-state index is 12.7. The molecule has 0 radical (unpaired) electrons. The number of piperidine rings is 1. The molecule has 0 bridgehead atoms. The Labute approximate surface area is 113 Å². The number of fused-ring (bicyclic) bond motifs is 1. The topological polar surface area (TPSA) is 44.9 Å². The zero-order valence-electron chi connectivity index (χ0n) is 11.5. The number of H-pyrrole nitrogens is 1. The van der Waals surface area contributed by atoms with Gasteiger partial charge >= 0.3 is 0 Å². The van der Waals surface area contributed by atoms with E-state index in [0.29, 0.717) is 5.78 Å². The number of hydrogen-bond donors (Lipinski definition) is 2. The second-order valence-corrected chi connectivity index (χ2v) is 5.56. The van der Waals surface area contributed by atoms with Crippen LogP contribution in [0.25, 0.3) is 10.9 Å². The van der Waals surface area contributed by atoms with Crippen LogP contribution in [0.15, 0.2) is 18.2 Å². The number of aryl methyl sites for hydroxylation is 2. The van der Waals surface area contributed by atoms with Gasteiger partial charge in [-0.3, -0.25) is 4.79 Å². The third-order valence-electron chi connectivity index (χ3n) is 4.10. The minimum Gasteiger partial charge on any atom is -0.358 e. The van der Waals surface area contributed by atoms with Crippen molar-refractivity contribution in [2.24, 2.45) is 5.92 Å². The van der Waals surface area contributed by atoms with Gasteiger partial charge < -0.3 is 10.3 Å². The molecule has 1 aromatic carbocycles. The summed E-state index contributed by atoms with van der Waals surface area (Å²) in [5.74, 6) is 0.495. The van der Waals surface area contributed by atoms with Gasteiger partial charge in [-0.05, 0) is 51.4 Å². The smallest absolute Gasteiger partial charge is 0.168 e. The number of nitrogens with one attached hydrogen (secondary N) is 2. The second kappa shape index (κ2) is 4.82. The molecule has 1 aliphatic rings. The van der Waals surface area contributed by atoms with Gasteiger partial charge in [-0.15, -0.1) is 0 Å². The van der Waals surface area contributed by atoms with Crippen LogP contribution in [-0.4, -0.2) is 23.9 Å². The molecule has 2 aromatic rings. The summed E-state index contributed by atoms with van der Waals surface area (Å²) in [4.78, 5) is 16.1. The van der Waals surface area contributed by atoms with Crippen molar-refractivity contribution >= 4 is 16.7 Å². The molecule has 0 saturated carbocycles. The van der Waals surface area contributed by atoms with E-state index in [4.69, 9.17) is 0 Å². The van der Waals surface area contributed by atoms with E-state index < -0.39 is 0 Å². The molecular formula is C16H20N2O. The molecule has 1 aliphatic heterocycles. The lowest BCUT2D eigenvalue weighted by Gasteiger charge is -2.21. The molecule has 3 nitrogen and oxygen atoms in total. The third kappa shape index (κ3) is 2.19. The maximum Gasteiger partial charge on any atom is 0.168 e. The van der Waals surface area contributed by atoms with Crippen LogP contribution in [0.4, 0.5) is 0 Å². The van der Waals surface area contributed by atoms with E-state index >= 15 is 0 Å². The molecule has 1 saturated heterocycles. The van der Waals surface area contributed by atoms with E-state index in [9.17, 15) is 4.79 Å². The average molecular weight is 256 g/mol. The Morgan fingerprint density at radius 2 is 1.95 bits per heavy atom. The molecule has 0 amide bonds. The maximum atomic E-state index is 12.7. The number of ketones is 1. The molecule has 2 heterocycles. The molecule has 0 atom stereocenters. The predicted molar refractivity (Wildman–Crippen MR) is 77.7 cm³/mol. The van der Waals surface area contributed by atoms with Gasteiger partial charge in [-0.1, -0.05) is 12.1 Å². The second-order valence-electron chi connectivity index (χ2n) is 5.56. The van der Waals surface area contributed by atoms with Crippen LogP contribution in [0.1, 0.15) is 34.5 Å². The average Bonchev–Trinajstić information content (AvgIpc) is 2.74. The molecule has 0 aliphatic carbocycles. The first-order valence-corrected chi connectivity index (χ1v) is 7.00. The van der Waals surface area contributed by atoms with Crippen molar-refractivity contribution in [1.29, 1.82) is 0 Å². The summed E-state index contributed by atoms with van der Waals surface area (Å²) in [6.45, 7) is 5.99.